The molecule has 0 bridgehead atoms. The zero-order valence-electron chi connectivity index (χ0n) is 25.0. The molecule has 47 heavy (non-hydrogen) atoms. The average molecular weight is 707 g/mol. The summed E-state index contributed by atoms with van der Waals surface area (Å²) in [6, 6.07) is 13.5. The third kappa shape index (κ3) is 12.1. The maximum atomic E-state index is 13.3. The first-order valence-electron chi connectivity index (χ1n) is 13.0. The first-order valence-corrected chi connectivity index (χ1v) is 13.0. The minimum atomic E-state index is -4.63. The minimum absolute atomic E-state index is 0. The molecule has 0 amide bonds. The topological polar surface area (TPSA) is 145 Å². The van der Waals surface area contributed by atoms with E-state index in [-0.39, 0.29) is 61.9 Å². The number of carboxylic acids is 2. The number of benzene rings is 4. The van der Waals surface area contributed by atoms with Crippen molar-refractivity contribution in [1.82, 2.24) is 0 Å². The third-order valence-electron chi connectivity index (χ3n) is 5.84. The molecule has 15 heteroatoms. The Morgan fingerprint density at radius 3 is 1.23 bits per heavy atom. The first-order chi connectivity index (χ1) is 21.2. The number of phenolic OH excluding ortho intramolecular Hbond substituents is 2. The number of halogens is 6. The van der Waals surface area contributed by atoms with Crippen molar-refractivity contribution >= 4 is 46.5 Å². The quantitative estimate of drug-likeness (QED) is 0.199. The van der Waals surface area contributed by atoms with Gasteiger partial charge in [-0.3, -0.25) is 9.98 Å². The number of rotatable bonds is 4. The number of hydrogen-bond acceptors (Lipinski definition) is 8. The zero-order chi connectivity index (χ0) is 35.0. The fourth-order valence-electron chi connectivity index (χ4n) is 3.84. The number of alkyl halides is 6. The van der Waals surface area contributed by atoms with E-state index < -0.39 is 35.4 Å². The van der Waals surface area contributed by atoms with E-state index in [0.29, 0.717) is 0 Å². The standard InChI is InChI=1S/C28H20F6N2O2.2C2H4O2.Co/c1-15-7-21(27(29,30)31)9-19(25(15)37)13-35-23-11-17-5-3-4-6-18(17)12-24(23)36-14-20-10-22(28(32,33)34)8-16(2)26(20)38;2*1-2(3)4;/h3-14,37-38H,1-2H3;2*1H3,(H,3,4);/q;;;+2/p-2. The summed E-state index contributed by atoms with van der Waals surface area (Å²) < 4.78 is 79.6. The molecule has 0 aliphatic heterocycles. The average Bonchev–Trinajstić information content (AvgIpc) is 2.92. The van der Waals surface area contributed by atoms with E-state index in [1.807, 2.05) is 0 Å². The maximum absolute atomic E-state index is 13.3. The molecule has 0 aliphatic carbocycles. The molecule has 0 saturated heterocycles. The summed E-state index contributed by atoms with van der Waals surface area (Å²) in [4.78, 5) is 26.3. The van der Waals surface area contributed by atoms with Crippen molar-refractivity contribution in [3.8, 4) is 11.5 Å². The molecule has 0 aromatic heterocycles. The van der Waals surface area contributed by atoms with E-state index in [1.165, 1.54) is 13.8 Å². The Balaban J connectivity index is 0.00000110. The van der Waals surface area contributed by atoms with Crippen LogP contribution in [0.4, 0.5) is 37.7 Å². The van der Waals surface area contributed by atoms with Crippen LogP contribution in [0.3, 0.4) is 0 Å². The van der Waals surface area contributed by atoms with Gasteiger partial charge in [-0.05, 0) is 86.0 Å². The van der Waals surface area contributed by atoms with Gasteiger partial charge in [-0.2, -0.15) is 26.3 Å². The molecule has 0 heterocycles. The van der Waals surface area contributed by atoms with E-state index in [9.17, 15) is 36.6 Å². The summed E-state index contributed by atoms with van der Waals surface area (Å²) in [5, 5.41) is 39.8. The van der Waals surface area contributed by atoms with Crippen molar-refractivity contribution in [2.75, 3.05) is 0 Å². The van der Waals surface area contributed by atoms with Gasteiger partial charge in [0, 0.05) is 35.5 Å². The Morgan fingerprint density at radius 2 is 0.957 bits per heavy atom. The van der Waals surface area contributed by atoms with Crippen LogP contribution in [0.15, 0.2) is 70.6 Å². The Kier molecular flexibility index (Phi) is 14.2. The van der Waals surface area contributed by atoms with E-state index in [4.69, 9.17) is 19.8 Å². The van der Waals surface area contributed by atoms with Gasteiger partial charge in [0.15, 0.2) is 0 Å². The number of aliphatic carboxylic acids is 2. The second kappa shape index (κ2) is 16.6. The van der Waals surface area contributed by atoms with Crippen LogP contribution < -0.4 is 10.2 Å². The molecule has 2 N–H and O–H groups in total. The van der Waals surface area contributed by atoms with Gasteiger partial charge >= 0.3 is 29.1 Å². The van der Waals surface area contributed by atoms with Crippen LogP contribution in [0.5, 0.6) is 11.5 Å². The number of fused-ring (bicyclic) bond motifs is 1. The Labute approximate surface area is 274 Å². The Bertz CT molecular complexity index is 1670. The van der Waals surface area contributed by atoms with E-state index in [2.05, 4.69) is 9.98 Å². The number of hydrogen-bond donors (Lipinski definition) is 2. The van der Waals surface area contributed by atoms with E-state index >= 15 is 0 Å². The summed E-state index contributed by atoms with van der Waals surface area (Å²) in [5.41, 5.74) is -1.89. The molecule has 0 atom stereocenters. The van der Waals surface area contributed by atoms with E-state index in [1.54, 1.807) is 36.4 Å². The number of nitrogens with zero attached hydrogens (tertiary/aromatic N) is 2. The van der Waals surface area contributed by atoms with Crippen LogP contribution in [0.2, 0.25) is 0 Å². The van der Waals surface area contributed by atoms with Crippen LogP contribution in [0.1, 0.15) is 47.2 Å². The molecule has 4 aromatic carbocycles. The van der Waals surface area contributed by atoms with Crippen LogP contribution in [0.25, 0.3) is 10.8 Å². The predicted molar refractivity (Wildman–Crippen MR) is 156 cm³/mol. The van der Waals surface area contributed by atoms with Crippen molar-refractivity contribution in [1.29, 1.82) is 0 Å². The fourth-order valence-corrected chi connectivity index (χ4v) is 3.84. The number of carboxylic acid groups (broad SMARTS) is 2. The normalized spacial score (nSPS) is 11.4. The van der Waals surface area contributed by atoms with Crippen LogP contribution >= 0.6 is 0 Å². The van der Waals surface area contributed by atoms with Gasteiger partial charge in [-0.1, -0.05) is 24.3 Å². The van der Waals surface area contributed by atoms with Crippen molar-refractivity contribution < 1.29 is 73.1 Å². The molecule has 4 aromatic rings. The second-order valence-electron chi connectivity index (χ2n) is 9.65. The van der Waals surface area contributed by atoms with Crippen molar-refractivity contribution in [3.05, 3.63) is 94.0 Å². The zero-order valence-corrected chi connectivity index (χ0v) is 26.0. The van der Waals surface area contributed by atoms with Crippen LogP contribution in [0, 0.1) is 13.8 Å². The summed E-state index contributed by atoms with van der Waals surface area (Å²) in [5.74, 6) is -2.92. The number of carbonyl (C=O) groups excluding carboxylic acids is 2. The number of aromatic hydroxyl groups is 2. The minimum Gasteiger partial charge on any atom is -0.550 e. The smallest absolute Gasteiger partial charge is 0.550 e. The summed E-state index contributed by atoms with van der Waals surface area (Å²) in [6.45, 7) is 4.61. The van der Waals surface area contributed by atoms with Gasteiger partial charge in [0.25, 0.3) is 0 Å². The number of phenols is 2. The van der Waals surface area contributed by atoms with Crippen LogP contribution in [-0.4, -0.2) is 34.6 Å². The monoisotopic (exact) mass is 707 g/mol. The van der Waals surface area contributed by atoms with Gasteiger partial charge < -0.3 is 30.0 Å². The molecule has 0 aliphatic rings. The molecule has 0 unspecified atom stereocenters. The Morgan fingerprint density at radius 1 is 0.660 bits per heavy atom. The van der Waals surface area contributed by atoms with Crippen LogP contribution in [-0.2, 0) is 38.7 Å². The molecular weight excluding hydrogens is 681 g/mol. The van der Waals surface area contributed by atoms with Gasteiger partial charge in [0.2, 0.25) is 0 Å². The maximum Gasteiger partial charge on any atom is 2.00 e. The Hall–Kier alpha value is -4.89. The molecule has 0 spiro atoms. The first kappa shape index (κ1) is 40.1. The number of aryl methyl sites for hydroxylation is 2. The second-order valence-corrected chi connectivity index (χ2v) is 9.65. The molecular formula is C32H26CoF6N2O6. The van der Waals surface area contributed by atoms with Gasteiger partial charge in [-0.15, -0.1) is 0 Å². The largest absolute Gasteiger partial charge is 2.00 e. The molecule has 4 rings (SSSR count). The van der Waals surface area contributed by atoms with Gasteiger partial charge in [0.1, 0.15) is 11.5 Å². The van der Waals surface area contributed by atoms with E-state index in [0.717, 1.165) is 61.3 Å². The SMILES string of the molecule is CC(=O)[O-].CC(=O)[O-].Cc1cc(C(F)(F)F)cc(C=Nc2cc3ccccc3cc2N=Cc2cc(C(F)(F)F)cc(C)c2O)c1O.[Co+2]. The predicted octanol–water partition coefficient (Wildman–Crippen LogP) is 5.92. The van der Waals surface area contributed by atoms with Gasteiger partial charge in [-0.25, -0.2) is 0 Å². The van der Waals surface area contributed by atoms with Crippen molar-refractivity contribution in [3.63, 3.8) is 0 Å². The molecule has 0 fully saturated rings. The summed E-state index contributed by atoms with van der Waals surface area (Å²) in [6.07, 6.45) is -7.14. The number of aliphatic imine (C=N–C) groups is 2. The molecule has 0 saturated carbocycles. The fraction of sp³-hybridized carbons (Fsp3) is 0.188. The van der Waals surface area contributed by atoms with Crippen molar-refractivity contribution in [2.24, 2.45) is 9.98 Å². The van der Waals surface area contributed by atoms with Crippen molar-refractivity contribution in [2.45, 2.75) is 40.0 Å². The third-order valence-corrected chi connectivity index (χ3v) is 5.84. The van der Waals surface area contributed by atoms with Gasteiger partial charge in [0.05, 0.1) is 22.5 Å². The summed E-state index contributed by atoms with van der Waals surface area (Å²) in [7, 11) is 0. The molecule has 1 radical (unpaired) electrons. The molecule has 251 valence electrons. The molecule has 8 nitrogen and oxygen atoms in total. The number of carbonyl (C=O) groups is 2. The summed E-state index contributed by atoms with van der Waals surface area (Å²) >= 11 is 0.